The average molecular weight is 342 g/mol. The van der Waals surface area contributed by atoms with Gasteiger partial charge < -0.3 is 0 Å². The summed E-state index contributed by atoms with van der Waals surface area (Å²) in [6.45, 7) is 4.14. The number of nitrogens with one attached hydrogen (secondary N) is 1. The molecule has 3 aromatic heterocycles. The maximum absolute atomic E-state index is 4.25. The maximum atomic E-state index is 4.25. The highest BCUT2D eigenvalue weighted by atomic mass is 79.9. The third-order valence-electron chi connectivity index (χ3n) is 3.71. The molecule has 0 amide bonds. The van der Waals surface area contributed by atoms with Crippen molar-refractivity contribution in [3.63, 3.8) is 0 Å². The van der Waals surface area contributed by atoms with Crippen molar-refractivity contribution >= 4 is 32.5 Å². The molecule has 1 aromatic carbocycles. The zero-order valence-corrected chi connectivity index (χ0v) is 13.1. The van der Waals surface area contributed by atoms with Crippen molar-refractivity contribution in [2.75, 3.05) is 0 Å². The monoisotopic (exact) mass is 341 g/mol. The fourth-order valence-electron chi connectivity index (χ4n) is 2.73. The molecule has 0 unspecified atom stereocenters. The first-order chi connectivity index (χ1) is 10.1. The lowest BCUT2D eigenvalue weighted by Gasteiger charge is -2.07. The van der Waals surface area contributed by atoms with E-state index in [1.807, 2.05) is 17.6 Å². The first kappa shape index (κ1) is 12.5. The summed E-state index contributed by atoms with van der Waals surface area (Å²) in [5.41, 5.74) is 6.44. The summed E-state index contributed by atoms with van der Waals surface area (Å²) in [5, 5.41) is 12.6. The highest BCUT2D eigenvalue weighted by Gasteiger charge is 2.10. The number of hydrogen-bond acceptors (Lipinski definition) is 3. The molecule has 0 atom stereocenters. The maximum Gasteiger partial charge on any atom is 0.158 e. The van der Waals surface area contributed by atoms with Crippen LogP contribution in [0.4, 0.5) is 0 Å². The Balaban J connectivity index is 1.99. The number of benzene rings is 1. The number of nitrogens with zero attached hydrogens (tertiary/aromatic N) is 4. The number of aromatic amines is 1. The molecule has 3 heterocycles. The fraction of sp³-hybridized carbons (Fsp3) is 0.133. The molecule has 6 heteroatoms. The van der Waals surface area contributed by atoms with Gasteiger partial charge in [0, 0.05) is 17.1 Å². The summed E-state index contributed by atoms with van der Waals surface area (Å²) in [5.74, 6) is 0. The largest absolute Gasteiger partial charge is 0.277 e. The quantitative estimate of drug-likeness (QED) is 0.574. The summed E-state index contributed by atoms with van der Waals surface area (Å²) in [4.78, 5) is 4.25. The highest BCUT2D eigenvalue weighted by Crippen LogP contribution is 2.30. The van der Waals surface area contributed by atoms with Gasteiger partial charge in [0.25, 0.3) is 0 Å². The number of halogens is 1. The number of rotatable bonds is 1. The van der Waals surface area contributed by atoms with Crippen molar-refractivity contribution in [2.45, 2.75) is 13.8 Å². The Hall–Kier alpha value is -2.21. The van der Waals surface area contributed by atoms with Gasteiger partial charge in [0.1, 0.15) is 10.9 Å². The van der Waals surface area contributed by atoms with Crippen molar-refractivity contribution in [1.29, 1.82) is 0 Å². The first-order valence-electron chi connectivity index (χ1n) is 6.58. The van der Waals surface area contributed by atoms with Crippen molar-refractivity contribution in [1.82, 2.24) is 24.8 Å². The Morgan fingerprint density at radius 1 is 1.10 bits per heavy atom. The van der Waals surface area contributed by atoms with E-state index in [1.165, 1.54) is 5.56 Å². The molecule has 0 saturated carbocycles. The molecule has 0 aliphatic heterocycles. The van der Waals surface area contributed by atoms with Gasteiger partial charge in [-0.05, 0) is 58.6 Å². The van der Waals surface area contributed by atoms with Crippen molar-refractivity contribution in [2.24, 2.45) is 0 Å². The molecular weight excluding hydrogens is 330 g/mol. The minimum atomic E-state index is 0.851. The van der Waals surface area contributed by atoms with E-state index in [0.717, 1.165) is 37.8 Å². The van der Waals surface area contributed by atoms with E-state index in [9.17, 15) is 0 Å². The van der Waals surface area contributed by atoms with Crippen LogP contribution in [0.3, 0.4) is 0 Å². The number of pyridine rings is 1. The molecule has 0 fully saturated rings. The van der Waals surface area contributed by atoms with E-state index in [4.69, 9.17) is 0 Å². The van der Waals surface area contributed by atoms with E-state index in [2.05, 4.69) is 61.3 Å². The molecule has 0 aliphatic carbocycles. The zero-order valence-electron chi connectivity index (χ0n) is 11.6. The van der Waals surface area contributed by atoms with Crippen LogP contribution in [-0.4, -0.2) is 24.8 Å². The van der Waals surface area contributed by atoms with Gasteiger partial charge in [-0.2, -0.15) is 10.2 Å². The molecule has 21 heavy (non-hydrogen) atoms. The summed E-state index contributed by atoms with van der Waals surface area (Å²) < 4.78 is 2.66. The molecular formula is C15H12BrN5. The number of hydrogen-bond donors (Lipinski definition) is 1. The second-order valence-corrected chi connectivity index (χ2v) is 5.92. The molecule has 0 saturated heterocycles. The smallest absolute Gasteiger partial charge is 0.158 e. The molecule has 4 aromatic rings. The first-order valence-corrected chi connectivity index (χ1v) is 7.37. The molecule has 104 valence electrons. The Bertz CT molecular complexity index is 982. The van der Waals surface area contributed by atoms with Crippen LogP contribution in [0, 0.1) is 13.8 Å². The Morgan fingerprint density at radius 3 is 2.76 bits per heavy atom. The molecule has 5 nitrogen and oxygen atoms in total. The lowest BCUT2D eigenvalue weighted by atomic mass is 10.0. The van der Waals surface area contributed by atoms with Gasteiger partial charge in [0.05, 0.1) is 5.52 Å². The Kier molecular flexibility index (Phi) is 2.62. The van der Waals surface area contributed by atoms with E-state index in [-0.39, 0.29) is 0 Å². The van der Waals surface area contributed by atoms with Crippen LogP contribution in [0.5, 0.6) is 0 Å². The third-order valence-corrected chi connectivity index (χ3v) is 4.28. The van der Waals surface area contributed by atoms with Crippen molar-refractivity contribution in [3.8, 4) is 11.1 Å². The summed E-state index contributed by atoms with van der Waals surface area (Å²) in [6.07, 6.45) is 3.58. The normalized spacial score (nSPS) is 11.6. The molecule has 0 aliphatic rings. The molecule has 4 rings (SSSR count). The summed E-state index contributed by atoms with van der Waals surface area (Å²) >= 11 is 3.47. The second kappa shape index (κ2) is 4.39. The van der Waals surface area contributed by atoms with E-state index >= 15 is 0 Å². The van der Waals surface area contributed by atoms with E-state index < -0.39 is 0 Å². The number of aromatic nitrogens is 5. The van der Waals surface area contributed by atoms with Gasteiger partial charge in [-0.1, -0.05) is 6.07 Å². The fourth-order valence-corrected chi connectivity index (χ4v) is 3.35. The lowest BCUT2D eigenvalue weighted by Crippen LogP contribution is -1.92. The van der Waals surface area contributed by atoms with Crippen LogP contribution in [0.25, 0.3) is 27.7 Å². The minimum absolute atomic E-state index is 0.851. The van der Waals surface area contributed by atoms with Gasteiger partial charge in [-0.15, -0.1) is 0 Å². The van der Waals surface area contributed by atoms with Gasteiger partial charge in [-0.3, -0.25) is 5.10 Å². The molecule has 1 N–H and O–H groups in total. The number of H-pyrrole nitrogens is 1. The molecule has 0 spiro atoms. The number of fused-ring (bicyclic) bond motifs is 2. The standard InChI is InChI=1S/C15H12BrN5/c1-8-3-10(5-12-13(8)14(16)20-19-12)11-4-9(2)15-17-7-18-21(15)6-11/h3-7H,1-2H3,(H,19,20). The van der Waals surface area contributed by atoms with Crippen LogP contribution in [0.15, 0.2) is 35.3 Å². The van der Waals surface area contributed by atoms with Gasteiger partial charge in [0.15, 0.2) is 5.65 Å². The van der Waals surface area contributed by atoms with E-state index in [0.29, 0.717) is 0 Å². The van der Waals surface area contributed by atoms with Crippen molar-refractivity contribution < 1.29 is 0 Å². The average Bonchev–Trinajstić information content (AvgIpc) is 3.06. The van der Waals surface area contributed by atoms with Gasteiger partial charge in [0.2, 0.25) is 0 Å². The summed E-state index contributed by atoms with van der Waals surface area (Å²) in [7, 11) is 0. The number of aryl methyl sites for hydroxylation is 2. The van der Waals surface area contributed by atoms with Crippen LogP contribution >= 0.6 is 15.9 Å². The lowest BCUT2D eigenvalue weighted by molar-refractivity contribution is 0.958. The predicted molar refractivity (Wildman–Crippen MR) is 85.2 cm³/mol. The Morgan fingerprint density at radius 2 is 1.90 bits per heavy atom. The van der Waals surface area contributed by atoms with Gasteiger partial charge in [-0.25, -0.2) is 9.50 Å². The van der Waals surface area contributed by atoms with E-state index in [1.54, 1.807) is 6.33 Å². The Labute approximate surface area is 129 Å². The van der Waals surface area contributed by atoms with Gasteiger partial charge >= 0.3 is 0 Å². The highest BCUT2D eigenvalue weighted by molar-refractivity contribution is 9.10. The van der Waals surface area contributed by atoms with Crippen molar-refractivity contribution in [3.05, 3.63) is 46.5 Å². The minimum Gasteiger partial charge on any atom is -0.277 e. The molecule has 0 radical (unpaired) electrons. The van der Waals surface area contributed by atoms with Crippen LogP contribution in [0.1, 0.15) is 11.1 Å². The second-order valence-electron chi connectivity index (χ2n) is 5.17. The third kappa shape index (κ3) is 1.86. The van der Waals surface area contributed by atoms with Crippen LogP contribution < -0.4 is 0 Å². The van der Waals surface area contributed by atoms with Crippen LogP contribution in [-0.2, 0) is 0 Å². The molecule has 0 bridgehead atoms. The predicted octanol–water partition coefficient (Wildman–Crippen LogP) is 3.65. The summed E-state index contributed by atoms with van der Waals surface area (Å²) in [6, 6.07) is 6.41. The van der Waals surface area contributed by atoms with Crippen LogP contribution in [0.2, 0.25) is 0 Å². The SMILES string of the molecule is Cc1cc(-c2cc(C)c3ncnn3c2)cc2[nH]nc(Br)c12. The zero-order chi connectivity index (χ0) is 14.6. The topological polar surface area (TPSA) is 58.9 Å².